The van der Waals surface area contributed by atoms with Crippen LogP contribution in [0.1, 0.15) is 12.0 Å². The van der Waals surface area contributed by atoms with Crippen LogP contribution in [-0.4, -0.2) is 32.8 Å². The van der Waals surface area contributed by atoms with E-state index in [1.54, 1.807) is 12.1 Å². The maximum Gasteiger partial charge on any atom is 0.208 e. The third kappa shape index (κ3) is 5.50. The molecule has 0 spiro atoms. The van der Waals surface area contributed by atoms with E-state index in [0.717, 1.165) is 6.26 Å². The van der Waals surface area contributed by atoms with Gasteiger partial charge in [0.25, 0.3) is 0 Å². The van der Waals surface area contributed by atoms with E-state index in [9.17, 15) is 12.8 Å². The summed E-state index contributed by atoms with van der Waals surface area (Å²) in [6, 6.07) is 4.50. The lowest BCUT2D eigenvalue weighted by Gasteiger charge is -2.11. The predicted octanol–water partition coefficient (Wildman–Crippen LogP) is 0.811. The first-order chi connectivity index (χ1) is 8.81. The monoisotopic (exact) mass is 305 g/mol. The molecule has 1 aromatic rings. The molecule has 1 aromatic carbocycles. The number of rotatable bonds is 7. The molecule has 0 aliphatic carbocycles. The van der Waals surface area contributed by atoms with Crippen LogP contribution in [0.4, 0.5) is 10.1 Å². The summed E-state index contributed by atoms with van der Waals surface area (Å²) >= 11 is 4.79. The maximum atomic E-state index is 13.5. The Labute approximate surface area is 117 Å². The first-order valence-corrected chi connectivity index (χ1v) is 7.88. The van der Waals surface area contributed by atoms with Crippen LogP contribution in [0.3, 0.4) is 0 Å². The number of halogens is 1. The van der Waals surface area contributed by atoms with Crippen molar-refractivity contribution in [2.24, 2.45) is 5.73 Å². The SMILES string of the molecule is CS(=O)(=O)NCCCNc1cccc(F)c1C(N)=S. The lowest BCUT2D eigenvalue weighted by Crippen LogP contribution is -2.24. The standard InChI is InChI=1S/C11H16FN3O2S2/c1-19(16,17)15-7-3-6-14-9-5-2-4-8(12)10(9)11(13)18/h2,4-5,14-15H,3,6-7H2,1H3,(H2,13,18). The second-order valence-electron chi connectivity index (χ2n) is 3.97. The predicted molar refractivity (Wildman–Crippen MR) is 78.2 cm³/mol. The van der Waals surface area contributed by atoms with Gasteiger partial charge in [0.15, 0.2) is 0 Å². The topological polar surface area (TPSA) is 84.2 Å². The second kappa shape index (κ2) is 6.78. The van der Waals surface area contributed by atoms with Crippen molar-refractivity contribution in [2.75, 3.05) is 24.7 Å². The Hall–Kier alpha value is -1.25. The summed E-state index contributed by atoms with van der Waals surface area (Å²) in [5.41, 5.74) is 6.14. The van der Waals surface area contributed by atoms with Crippen LogP contribution < -0.4 is 15.8 Å². The highest BCUT2D eigenvalue weighted by Gasteiger charge is 2.10. The number of sulfonamides is 1. The average molecular weight is 305 g/mol. The molecule has 0 saturated carbocycles. The molecule has 5 nitrogen and oxygen atoms in total. The highest BCUT2D eigenvalue weighted by molar-refractivity contribution is 7.88. The van der Waals surface area contributed by atoms with Crippen molar-refractivity contribution in [1.29, 1.82) is 0 Å². The average Bonchev–Trinajstić information content (AvgIpc) is 2.26. The summed E-state index contributed by atoms with van der Waals surface area (Å²) in [6.07, 6.45) is 1.65. The van der Waals surface area contributed by atoms with Crippen LogP contribution in [0.5, 0.6) is 0 Å². The molecule has 0 saturated heterocycles. The van der Waals surface area contributed by atoms with Crippen LogP contribution in [-0.2, 0) is 10.0 Å². The number of hydrogen-bond donors (Lipinski definition) is 3. The molecular weight excluding hydrogens is 289 g/mol. The molecule has 0 aliphatic heterocycles. The van der Waals surface area contributed by atoms with Crippen LogP contribution in [0.15, 0.2) is 18.2 Å². The number of hydrogen-bond acceptors (Lipinski definition) is 4. The molecule has 8 heteroatoms. The van der Waals surface area contributed by atoms with Gasteiger partial charge >= 0.3 is 0 Å². The molecular formula is C11H16FN3O2S2. The van der Waals surface area contributed by atoms with Crippen molar-refractivity contribution >= 4 is 32.9 Å². The van der Waals surface area contributed by atoms with Gasteiger partial charge in [-0.3, -0.25) is 0 Å². The molecule has 0 bridgehead atoms. The minimum absolute atomic E-state index is 0.0186. The van der Waals surface area contributed by atoms with Crippen LogP contribution in [0.2, 0.25) is 0 Å². The van der Waals surface area contributed by atoms with Crippen LogP contribution in [0, 0.1) is 5.82 Å². The number of benzene rings is 1. The van der Waals surface area contributed by atoms with E-state index in [4.69, 9.17) is 18.0 Å². The molecule has 19 heavy (non-hydrogen) atoms. The van der Waals surface area contributed by atoms with Crippen molar-refractivity contribution in [1.82, 2.24) is 4.72 Å². The van der Waals surface area contributed by atoms with Gasteiger partial charge in [0.2, 0.25) is 10.0 Å². The van der Waals surface area contributed by atoms with Crippen molar-refractivity contribution in [2.45, 2.75) is 6.42 Å². The first-order valence-electron chi connectivity index (χ1n) is 5.58. The molecule has 0 unspecified atom stereocenters. The normalized spacial score (nSPS) is 11.3. The Morgan fingerprint density at radius 2 is 2.11 bits per heavy atom. The van der Waals surface area contributed by atoms with Crippen molar-refractivity contribution in [3.63, 3.8) is 0 Å². The van der Waals surface area contributed by atoms with Gasteiger partial charge in [-0.25, -0.2) is 17.5 Å². The summed E-state index contributed by atoms with van der Waals surface area (Å²) in [4.78, 5) is -0.0186. The van der Waals surface area contributed by atoms with Gasteiger partial charge in [-0.15, -0.1) is 0 Å². The van der Waals surface area contributed by atoms with E-state index in [1.807, 2.05) is 0 Å². The molecule has 0 radical (unpaired) electrons. The number of nitrogens with one attached hydrogen (secondary N) is 2. The zero-order valence-electron chi connectivity index (χ0n) is 10.4. The Morgan fingerprint density at radius 3 is 2.68 bits per heavy atom. The molecule has 0 aliphatic rings. The van der Waals surface area contributed by atoms with E-state index in [2.05, 4.69) is 10.0 Å². The maximum absolute atomic E-state index is 13.5. The first kappa shape index (κ1) is 15.8. The fourth-order valence-corrected chi connectivity index (χ4v) is 2.21. The summed E-state index contributed by atoms with van der Waals surface area (Å²) in [6.45, 7) is 0.783. The van der Waals surface area contributed by atoms with E-state index < -0.39 is 15.8 Å². The van der Waals surface area contributed by atoms with Crippen LogP contribution >= 0.6 is 12.2 Å². The second-order valence-corrected chi connectivity index (χ2v) is 6.25. The summed E-state index contributed by atoms with van der Waals surface area (Å²) in [5.74, 6) is -0.480. The van der Waals surface area contributed by atoms with Gasteiger partial charge in [-0.1, -0.05) is 18.3 Å². The Bertz CT molecular complexity index is 561. The molecule has 4 N–H and O–H groups in total. The zero-order chi connectivity index (χ0) is 14.5. The molecule has 0 atom stereocenters. The highest BCUT2D eigenvalue weighted by Crippen LogP contribution is 2.18. The highest BCUT2D eigenvalue weighted by atomic mass is 32.2. The Kier molecular flexibility index (Phi) is 5.64. The lowest BCUT2D eigenvalue weighted by molar-refractivity contribution is 0.586. The van der Waals surface area contributed by atoms with Crippen LogP contribution in [0.25, 0.3) is 0 Å². The molecule has 0 aromatic heterocycles. The third-order valence-electron chi connectivity index (χ3n) is 2.29. The molecule has 1 rings (SSSR count). The smallest absolute Gasteiger partial charge is 0.208 e. The van der Waals surface area contributed by atoms with Crippen molar-refractivity contribution in [3.05, 3.63) is 29.6 Å². The van der Waals surface area contributed by atoms with E-state index in [1.165, 1.54) is 6.07 Å². The van der Waals surface area contributed by atoms with Gasteiger partial charge in [0.1, 0.15) is 10.8 Å². The van der Waals surface area contributed by atoms with E-state index in [0.29, 0.717) is 25.2 Å². The quantitative estimate of drug-likeness (QED) is 0.513. The molecule has 106 valence electrons. The van der Waals surface area contributed by atoms with Gasteiger partial charge < -0.3 is 11.1 Å². The van der Waals surface area contributed by atoms with E-state index in [-0.39, 0.29) is 10.6 Å². The minimum Gasteiger partial charge on any atom is -0.389 e. The Morgan fingerprint density at radius 1 is 1.42 bits per heavy atom. The Balaban J connectivity index is 2.55. The number of nitrogens with two attached hydrogens (primary N) is 1. The summed E-state index contributed by atoms with van der Waals surface area (Å²) in [5, 5.41) is 2.98. The van der Waals surface area contributed by atoms with Gasteiger partial charge in [-0.2, -0.15) is 0 Å². The van der Waals surface area contributed by atoms with Crippen molar-refractivity contribution in [3.8, 4) is 0 Å². The molecule has 0 fully saturated rings. The van der Waals surface area contributed by atoms with Crippen molar-refractivity contribution < 1.29 is 12.8 Å². The number of anilines is 1. The summed E-state index contributed by atoms with van der Waals surface area (Å²) in [7, 11) is -3.18. The molecule has 0 heterocycles. The fourth-order valence-electron chi connectivity index (χ4n) is 1.49. The largest absolute Gasteiger partial charge is 0.389 e. The van der Waals surface area contributed by atoms with E-state index >= 15 is 0 Å². The lowest BCUT2D eigenvalue weighted by atomic mass is 10.1. The van der Waals surface area contributed by atoms with Gasteiger partial charge in [0.05, 0.1) is 11.8 Å². The third-order valence-corrected chi connectivity index (χ3v) is 3.23. The summed E-state index contributed by atoms with van der Waals surface area (Å²) < 4.78 is 37.6. The minimum atomic E-state index is -3.18. The fraction of sp³-hybridized carbons (Fsp3) is 0.364. The number of thiocarbonyl (C=S) groups is 1. The van der Waals surface area contributed by atoms with Gasteiger partial charge in [0, 0.05) is 18.8 Å². The zero-order valence-corrected chi connectivity index (χ0v) is 12.1. The van der Waals surface area contributed by atoms with Gasteiger partial charge in [-0.05, 0) is 18.6 Å². The molecule has 0 amide bonds.